The molecule has 20 heavy (non-hydrogen) atoms. The molecule has 2 N–H and O–H groups in total. The van der Waals surface area contributed by atoms with E-state index in [9.17, 15) is 9.59 Å². The number of carbonyl (C=O) groups excluding carboxylic acids is 1. The molecule has 1 aromatic rings. The molecule has 2 unspecified atom stereocenters. The van der Waals surface area contributed by atoms with Crippen molar-refractivity contribution in [1.82, 2.24) is 0 Å². The van der Waals surface area contributed by atoms with E-state index < -0.39 is 17.8 Å². The van der Waals surface area contributed by atoms with Crippen molar-refractivity contribution in [2.24, 2.45) is 11.8 Å². The minimum Gasteiger partial charge on any atom is -0.481 e. The first-order valence-corrected chi connectivity index (χ1v) is 6.74. The Labute approximate surface area is 117 Å². The number of benzene rings is 1. The summed E-state index contributed by atoms with van der Waals surface area (Å²) in [6.07, 6.45) is 2.00. The standard InChI is InChI=1S/C15H19NO4/c1-20-9-10-5-2-3-8-13(10)16-14(17)11-6-4-7-12(11)15(18)19/h2-3,5,8,11-12H,4,6-7,9H2,1H3,(H,16,17)(H,18,19). The number of hydrogen-bond donors (Lipinski definition) is 2. The summed E-state index contributed by atoms with van der Waals surface area (Å²) in [6, 6.07) is 7.39. The topological polar surface area (TPSA) is 75.6 Å². The molecule has 1 aliphatic carbocycles. The predicted octanol–water partition coefficient (Wildman–Crippen LogP) is 2.27. The molecule has 0 bridgehead atoms. The second kappa shape index (κ2) is 6.52. The van der Waals surface area contributed by atoms with Crippen LogP contribution in [0, 0.1) is 11.8 Å². The van der Waals surface area contributed by atoms with Gasteiger partial charge < -0.3 is 15.2 Å². The summed E-state index contributed by atoms with van der Waals surface area (Å²) in [5.74, 6) is -2.10. The van der Waals surface area contributed by atoms with Crippen molar-refractivity contribution < 1.29 is 19.4 Å². The molecule has 2 atom stereocenters. The van der Waals surface area contributed by atoms with Gasteiger partial charge in [-0.25, -0.2) is 0 Å². The van der Waals surface area contributed by atoms with Gasteiger partial charge in [0.15, 0.2) is 0 Å². The molecule has 5 nitrogen and oxygen atoms in total. The van der Waals surface area contributed by atoms with Gasteiger partial charge in [-0.15, -0.1) is 0 Å². The highest BCUT2D eigenvalue weighted by Crippen LogP contribution is 2.33. The number of anilines is 1. The predicted molar refractivity (Wildman–Crippen MR) is 74.3 cm³/mol. The molecule has 1 aliphatic rings. The average Bonchev–Trinajstić information content (AvgIpc) is 2.91. The number of amides is 1. The first kappa shape index (κ1) is 14.5. The highest BCUT2D eigenvalue weighted by atomic mass is 16.5. The van der Waals surface area contributed by atoms with Crippen molar-refractivity contribution in [2.45, 2.75) is 25.9 Å². The lowest BCUT2D eigenvalue weighted by atomic mass is 9.95. The lowest BCUT2D eigenvalue weighted by Crippen LogP contribution is -2.30. The van der Waals surface area contributed by atoms with Crippen LogP contribution in [0.25, 0.3) is 0 Å². The largest absolute Gasteiger partial charge is 0.481 e. The molecule has 1 fully saturated rings. The summed E-state index contributed by atoms with van der Waals surface area (Å²) in [4.78, 5) is 23.4. The van der Waals surface area contributed by atoms with Crippen LogP contribution in [0.5, 0.6) is 0 Å². The number of carboxylic acid groups (broad SMARTS) is 1. The van der Waals surface area contributed by atoms with E-state index in [0.29, 0.717) is 25.1 Å². The van der Waals surface area contributed by atoms with Gasteiger partial charge in [-0.2, -0.15) is 0 Å². The number of para-hydroxylation sites is 1. The zero-order valence-electron chi connectivity index (χ0n) is 11.5. The van der Waals surface area contributed by atoms with Crippen molar-refractivity contribution in [3.05, 3.63) is 29.8 Å². The maximum Gasteiger partial charge on any atom is 0.307 e. The van der Waals surface area contributed by atoms with Gasteiger partial charge in [0.05, 0.1) is 18.4 Å². The first-order valence-electron chi connectivity index (χ1n) is 6.74. The van der Waals surface area contributed by atoms with Crippen LogP contribution in [0.3, 0.4) is 0 Å². The molecular formula is C15H19NO4. The number of carbonyl (C=O) groups is 2. The van der Waals surface area contributed by atoms with Gasteiger partial charge in [0.25, 0.3) is 0 Å². The van der Waals surface area contributed by atoms with Crippen LogP contribution < -0.4 is 5.32 Å². The fourth-order valence-corrected chi connectivity index (χ4v) is 2.72. The van der Waals surface area contributed by atoms with Gasteiger partial charge in [0.2, 0.25) is 5.91 Å². The number of nitrogens with one attached hydrogen (secondary N) is 1. The van der Waals surface area contributed by atoms with Crippen LogP contribution in [0.4, 0.5) is 5.69 Å². The van der Waals surface area contributed by atoms with Crippen molar-refractivity contribution in [3.63, 3.8) is 0 Å². The summed E-state index contributed by atoms with van der Waals surface area (Å²) < 4.78 is 5.09. The molecule has 5 heteroatoms. The average molecular weight is 277 g/mol. The summed E-state index contributed by atoms with van der Waals surface area (Å²) in [7, 11) is 1.59. The molecular weight excluding hydrogens is 258 g/mol. The highest BCUT2D eigenvalue weighted by molar-refractivity contribution is 5.96. The number of methoxy groups -OCH3 is 1. The molecule has 0 radical (unpaired) electrons. The van der Waals surface area contributed by atoms with Crippen LogP contribution >= 0.6 is 0 Å². The van der Waals surface area contributed by atoms with Crippen LogP contribution in [-0.2, 0) is 20.9 Å². The fraction of sp³-hybridized carbons (Fsp3) is 0.467. The number of carboxylic acids is 1. The van der Waals surface area contributed by atoms with Crippen LogP contribution in [0.1, 0.15) is 24.8 Å². The Morgan fingerprint density at radius 2 is 2.00 bits per heavy atom. The molecule has 1 saturated carbocycles. The minimum absolute atomic E-state index is 0.210. The van der Waals surface area contributed by atoms with E-state index in [-0.39, 0.29) is 5.91 Å². The third-order valence-corrected chi connectivity index (χ3v) is 3.74. The Hall–Kier alpha value is -1.88. The monoisotopic (exact) mass is 277 g/mol. The van der Waals surface area contributed by atoms with Gasteiger partial charge in [-0.3, -0.25) is 9.59 Å². The lowest BCUT2D eigenvalue weighted by Gasteiger charge is -2.17. The number of rotatable bonds is 5. The van der Waals surface area contributed by atoms with Crippen molar-refractivity contribution in [3.8, 4) is 0 Å². The summed E-state index contributed by atoms with van der Waals surface area (Å²) in [5, 5.41) is 12.0. The Morgan fingerprint density at radius 3 is 2.70 bits per heavy atom. The van der Waals surface area contributed by atoms with E-state index in [1.807, 2.05) is 18.2 Å². The highest BCUT2D eigenvalue weighted by Gasteiger charge is 2.37. The molecule has 0 aliphatic heterocycles. The van der Waals surface area contributed by atoms with Crippen LogP contribution in [-0.4, -0.2) is 24.1 Å². The van der Waals surface area contributed by atoms with E-state index in [4.69, 9.17) is 9.84 Å². The maximum absolute atomic E-state index is 12.3. The smallest absolute Gasteiger partial charge is 0.307 e. The van der Waals surface area contributed by atoms with Crippen LogP contribution in [0.15, 0.2) is 24.3 Å². The third-order valence-electron chi connectivity index (χ3n) is 3.74. The minimum atomic E-state index is -0.882. The number of aliphatic carboxylic acids is 1. The molecule has 108 valence electrons. The van der Waals surface area contributed by atoms with Gasteiger partial charge in [0, 0.05) is 18.4 Å². The van der Waals surface area contributed by atoms with Crippen LogP contribution in [0.2, 0.25) is 0 Å². The SMILES string of the molecule is COCc1ccccc1NC(=O)C1CCCC1C(=O)O. The third kappa shape index (κ3) is 3.17. The molecule has 0 spiro atoms. The molecule has 2 rings (SSSR count). The Balaban J connectivity index is 2.10. The Morgan fingerprint density at radius 1 is 1.30 bits per heavy atom. The van der Waals surface area contributed by atoms with E-state index in [1.54, 1.807) is 13.2 Å². The van der Waals surface area contributed by atoms with Crippen molar-refractivity contribution in [2.75, 3.05) is 12.4 Å². The van der Waals surface area contributed by atoms with Gasteiger partial charge in [-0.1, -0.05) is 24.6 Å². The molecule has 1 aromatic carbocycles. The first-order chi connectivity index (χ1) is 9.63. The lowest BCUT2D eigenvalue weighted by molar-refractivity contribution is -0.145. The van der Waals surface area contributed by atoms with E-state index in [1.165, 1.54) is 0 Å². The number of hydrogen-bond acceptors (Lipinski definition) is 3. The molecule has 0 aromatic heterocycles. The Kier molecular flexibility index (Phi) is 4.74. The molecule has 0 heterocycles. The molecule has 0 saturated heterocycles. The second-order valence-corrected chi connectivity index (χ2v) is 5.06. The van der Waals surface area contributed by atoms with Gasteiger partial charge in [-0.05, 0) is 18.9 Å². The Bertz CT molecular complexity index is 500. The van der Waals surface area contributed by atoms with E-state index in [0.717, 1.165) is 12.0 Å². The summed E-state index contributed by atoms with van der Waals surface area (Å²) in [5.41, 5.74) is 1.57. The van der Waals surface area contributed by atoms with Crippen molar-refractivity contribution in [1.29, 1.82) is 0 Å². The van der Waals surface area contributed by atoms with Gasteiger partial charge >= 0.3 is 5.97 Å². The molecule has 1 amide bonds. The summed E-state index contributed by atoms with van der Waals surface area (Å²) >= 11 is 0. The second-order valence-electron chi connectivity index (χ2n) is 5.06. The van der Waals surface area contributed by atoms with Gasteiger partial charge in [0.1, 0.15) is 0 Å². The van der Waals surface area contributed by atoms with E-state index in [2.05, 4.69) is 5.32 Å². The maximum atomic E-state index is 12.3. The quantitative estimate of drug-likeness (QED) is 0.865. The summed E-state index contributed by atoms with van der Waals surface area (Å²) in [6.45, 7) is 0.406. The fourth-order valence-electron chi connectivity index (χ4n) is 2.72. The zero-order chi connectivity index (χ0) is 14.5. The van der Waals surface area contributed by atoms with E-state index >= 15 is 0 Å². The number of ether oxygens (including phenoxy) is 1. The zero-order valence-corrected chi connectivity index (χ0v) is 11.5. The normalized spacial score (nSPS) is 21.6. The van der Waals surface area contributed by atoms with Crippen molar-refractivity contribution >= 4 is 17.6 Å².